The van der Waals surface area contributed by atoms with Crippen LogP contribution in [0.4, 0.5) is 5.69 Å². The molecule has 1 heterocycles. The van der Waals surface area contributed by atoms with E-state index in [0.29, 0.717) is 6.42 Å². The minimum atomic E-state index is -0.935. The van der Waals surface area contributed by atoms with Gasteiger partial charge >= 0.3 is 5.97 Å². The molecule has 1 atom stereocenters. The lowest BCUT2D eigenvalue weighted by Gasteiger charge is -2.38. The van der Waals surface area contributed by atoms with Crippen LogP contribution in [0.2, 0.25) is 0 Å². The van der Waals surface area contributed by atoms with Crippen molar-refractivity contribution in [1.29, 1.82) is 0 Å². The van der Waals surface area contributed by atoms with E-state index >= 15 is 0 Å². The van der Waals surface area contributed by atoms with E-state index in [1.807, 2.05) is 52.0 Å². The standard InChI is InChI=1S/C16H22BrNO3/c1-14(2)10-16(13(19)20-5,15(3,4)21-14)18-12-9-7-6-8-11(12)17/h6-9,18H,10H2,1-5H3. The minimum absolute atomic E-state index is 0.311. The molecule has 0 spiro atoms. The van der Waals surface area contributed by atoms with Gasteiger partial charge in [0.2, 0.25) is 0 Å². The number of nitrogens with one attached hydrogen (secondary N) is 1. The molecule has 1 saturated heterocycles. The van der Waals surface area contributed by atoms with Crippen molar-refractivity contribution < 1.29 is 14.3 Å². The zero-order valence-electron chi connectivity index (χ0n) is 13.1. The van der Waals surface area contributed by atoms with Crippen molar-refractivity contribution in [2.45, 2.75) is 50.9 Å². The normalized spacial score (nSPS) is 26.4. The first kappa shape index (κ1) is 16.3. The van der Waals surface area contributed by atoms with Crippen molar-refractivity contribution in [1.82, 2.24) is 0 Å². The Bertz CT molecular complexity index is 556. The maximum Gasteiger partial charge on any atom is 0.334 e. The number of methoxy groups -OCH3 is 1. The lowest BCUT2D eigenvalue weighted by atomic mass is 9.78. The summed E-state index contributed by atoms with van der Waals surface area (Å²) in [5.41, 5.74) is -1.20. The van der Waals surface area contributed by atoms with Crippen LogP contribution in [0.5, 0.6) is 0 Å². The van der Waals surface area contributed by atoms with E-state index in [4.69, 9.17) is 9.47 Å². The van der Waals surface area contributed by atoms with Crippen LogP contribution in [0, 0.1) is 0 Å². The van der Waals surface area contributed by atoms with Gasteiger partial charge in [-0.25, -0.2) is 4.79 Å². The molecule has 0 saturated carbocycles. The van der Waals surface area contributed by atoms with Gasteiger partial charge in [-0.05, 0) is 55.8 Å². The lowest BCUT2D eigenvalue weighted by Crippen LogP contribution is -2.59. The number of esters is 1. The largest absolute Gasteiger partial charge is 0.467 e. The van der Waals surface area contributed by atoms with E-state index in [1.54, 1.807) is 0 Å². The fourth-order valence-electron chi connectivity index (χ4n) is 3.20. The van der Waals surface area contributed by atoms with E-state index < -0.39 is 16.7 Å². The molecule has 2 rings (SSSR count). The highest BCUT2D eigenvalue weighted by Gasteiger charge is 2.62. The molecule has 1 unspecified atom stereocenters. The van der Waals surface area contributed by atoms with Crippen molar-refractivity contribution >= 4 is 27.6 Å². The molecule has 1 aliphatic rings. The van der Waals surface area contributed by atoms with E-state index in [2.05, 4.69) is 21.2 Å². The van der Waals surface area contributed by atoms with Crippen LogP contribution in [-0.4, -0.2) is 29.8 Å². The number of para-hydroxylation sites is 1. The summed E-state index contributed by atoms with van der Waals surface area (Å²) in [6.07, 6.45) is 0.529. The average molecular weight is 356 g/mol. The topological polar surface area (TPSA) is 47.6 Å². The summed E-state index contributed by atoms with van der Waals surface area (Å²) in [4.78, 5) is 12.6. The van der Waals surface area contributed by atoms with Crippen molar-refractivity contribution in [3.63, 3.8) is 0 Å². The van der Waals surface area contributed by atoms with E-state index in [-0.39, 0.29) is 5.97 Å². The number of halogens is 1. The van der Waals surface area contributed by atoms with Crippen LogP contribution in [0.25, 0.3) is 0 Å². The van der Waals surface area contributed by atoms with Crippen molar-refractivity contribution in [2.75, 3.05) is 12.4 Å². The molecule has 21 heavy (non-hydrogen) atoms. The highest BCUT2D eigenvalue weighted by atomic mass is 79.9. The Morgan fingerprint density at radius 2 is 1.90 bits per heavy atom. The summed E-state index contributed by atoms with van der Waals surface area (Å²) in [7, 11) is 1.41. The van der Waals surface area contributed by atoms with Gasteiger partial charge in [0.05, 0.1) is 18.3 Å². The van der Waals surface area contributed by atoms with Gasteiger partial charge < -0.3 is 14.8 Å². The second-order valence-electron chi connectivity index (χ2n) is 6.55. The van der Waals surface area contributed by atoms with Crippen LogP contribution in [0.3, 0.4) is 0 Å². The maximum absolute atomic E-state index is 12.6. The van der Waals surface area contributed by atoms with Gasteiger partial charge in [-0.15, -0.1) is 0 Å². The van der Waals surface area contributed by atoms with Gasteiger partial charge in [-0.3, -0.25) is 0 Å². The average Bonchev–Trinajstić information content (AvgIpc) is 2.56. The second kappa shape index (κ2) is 5.29. The molecule has 0 aliphatic carbocycles. The Morgan fingerprint density at radius 3 is 2.38 bits per heavy atom. The van der Waals surface area contributed by atoms with E-state index in [0.717, 1.165) is 10.2 Å². The molecule has 1 aromatic carbocycles. The molecule has 5 heteroatoms. The van der Waals surface area contributed by atoms with Crippen molar-refractivity contribution in [3.8, 4) is 0 Å². The zero-order valence-corrected chi connectivity index (χ0v) is 14.7. The Morgan fingerprint density at radius 1 is 1.29 bits per heavy atom. The van der Waals surface area contributed by atoms with Crippen LogP contribution < -0.4 is 5.32 Å². The summed E-state index contributed by atoms with van der Waals surface area (Å²) in [6, 6.07) is 7.71. The molecular formula is C16H22BrNO3. The quantitative estimate of drug-likeness (QED) is 0.838. The number of ether oxygens (including phenoxy) is 2. The van der Waals surface area contributed by atoms with Gasteiger partial charge in [0.25, 0.3) is 0 Å². The fraction of sp³-hybridized carbons (Fsp3) is 0.562. The highest BCUT2D eigenvalue weighted by molar-refractivity contribution is 9.10. The first-order chi connectivity index (χ1) is 9.63. The summed E-state index contributed by atoms with van der Waals surface area (Å²) in [5.74, 6) is -0.311. The molecule has 0 bridgehead atoms. The Balaban J connectivity index is 2.49. The van der Waals surface area contributed by atoms with Gasteiger partial charge in [0.1, 0.15) is 0 Å². The molecule has 116 valence electrons. The maximum atomic E-state index is 12.6. The predicted molar refractivity (Wildman–Crippen MR) is 86.4 cm³/mol. The third kappa shape index (κ3) is 2.81. The summed E-state index contributed by atoms with van der Waals surface area (Å²) in [5, 5.41) is 3.37. The predicted octanol–water partition coefficient (Wildman–Crippen LogP) is 3.75. The number of carbonyl (C=O) groups excluding carboxylic acids is 1. The molecule has 1 aliphatic heterocycles. The molecule has 0 aromatic heterocycles. The third-order valence-electron chi connectivity index (χ3n) is 4.01. The number of hydrogen-bond donors (Lipinski definition) is 1. The lowest BCUT2D eigenvalue weighted by molar-refractivity contribution is -0.152. The van der Waals surface area contributed by atoms with Gasteiger partial charge in [-0.1, -0.05) is 12.1 Å². The smallest absolute Gasteiger partial charge is 0.334 e. The fourth-order valence-corrected chi connectivity index (χ4v) is 3.58. The molecule has 0 radical (unpaired) electrons. The van der Waals surface area contributed by atoms with Gasteiger partial charge in [-0.2, -0.15) is 0 Å². The molecule has 0 amide bonds. The number of rotatable bonds is 3. The molecular weight excluding hydrogens is 334 g/mol. The number of carbonyl (C=O) groups is 1. The number of benzene rings is 1. The van der Waals surface area contributed by atoms with Crippen LogP contribution in [0.1, 0.15) is 34.1 Å². The third-order valence-corrected chi connectivity index (χ3v) is 4.70. The van der Waals surface area contributed by atoms with Crippen LogP contribution in [-0.2, 0) is 14.3 Å². The first-order valence-electron chi connectivity index (χ1n) is 6.95. The Kier molecular flexibility index (Phi) is 4.10. The summed E-state index contributed by atoms with van der Waals surface area (Å²) >= 11 is 3.51. The Labute approximate surface area is 134 Å². The van der Waals surface area contributed by atoms with Crippen LogP contribution >= 0.6 is 15.9 Å². The Hall–Kier alpha value is -1.07. The zero-order chi connectivity index (χ0) is 15.9. The number of anilines is 1. The monoisotopic (exact) mass is 355 g/mol. The van der Waals surface area contributed by atoms with Crippen LogP contribution in [0.15, 0.2) is 28.7 Å². The van der Waals surface area contributed by atoms with E-state index in [9.17, 15) is 4.79 Å². The first-order valence-corrected chi connectivity index (χ1v) is 7.74. The molecule has 4 nitrogen and oxygen atoms in total. The van der Waals surface area contributed by atoms with Crippen molar-refractivity contribution in [2.24, 2.45) is 0 Å². The SMILES string of the molecule is COC(=O)C1(Nc2ccccc2Br)CC(C)(C)OC1(C)C. The van der Waals surface area contributed by atoms with Crippen molar-refractivity contribution in [3.05, 3.63) is 28.7 Å². The summed E-state index contributed by atoms with van der Waals surface area (Å²) in [6.45, 7) is 7.81. The molecule has 1 fully saturated rings. The summed E-state index contributed by atoms with van der Waals surface area (Å²) < 4.78 is 12.1. The second-order valence-corrected chi connectivity index (χ2v) is 7.40. The van der Waals surface area contributed by atoms with E-state index in [1.165, 1.54) is 7.11 Å². The minimum Gasteiger partial charge on any atom is -0.467 e. The van der Waals surface area contributed by atoms with Gasteiger partial charge in [0.15, 0.2) is 5.54 Å². The highest BCUT2D eigenvalue weighted by Crippen LogP contribution is 2.48. The molecule has 1 aromatic rings. The molecule has 1 N–H and O–H groups in total. The number of hydrogen-bond acceptors (Lipinski definition) is 4. The van der Waals surface area contributed by atoms with Gasteiger partial charge in [0, 0.05) is 16.6 Å².